The van der Waals surface area contributed by atoms with Gasteiger partial charge in [0.1, 0.15) is 0 Å². The first-order valence-electron chi connectivity index (χ1n) is 3.29. The fourth-order valence-electron chi connectivity index (χ4n) is 0.362. The molecule has 1 rings (SSSR count). The highest BCUT2D eigenvalue weighted by Crippen LogP contribution is 1.90. The lowest BCUT2D eigenvalue weighted by atomic mass is 10.6. The second-order valence-corrected chi connectivity index (χ2v) is 1.92. The molecule has 0 radical (unpaired) electrons. The molecule has 1 saturated heterocycles. The number of carboxylic acid groups (broad SMARTS) is 1. The monoisotopic (exact) mass is 191 g/mol. The Labute approximate surface area is 73.4 Å². The van der Waals surface area contributed by atoms with Crippen LogP contribution in [0.25, 0.3) is 0 Å². The molecule has 74 valence electrons. The van der Waals surface area contributed by atoms with Crippen LogP contribution in [0.4, 0.5) is 0 Å². The van der Waals surface area contributed by atoms with Crippen LogP contribution in [0.3, 0.4) is 0 Å². The zero-order valence-electron chi connectivity index (χ0n) is 6.69. The maximum absolute atomic E-state index is 10.1. The Balaban J connectivity index is 0.000000252. The molecule has 0 unspecified atom stereocenters. The second kappa shape index (κ2) is 5.95. The number of carbonyl (C=O) groups excluding carboxylic acids is 2. The van der Waals surface area contributed by atoms with Gasteiger partial charge < -0.3 is 20.3 Å². The first-order valence-corrected chi connectivity index (χ1v) is 3.29. The van der Waals surface area contributed by atoms with Gasteiger partial charge >= 0.3 is 17.9 Å². The summed E-state index contributed by atoms with van der Waals surface area (Å²) in [5.74, 6) is -1.93. The summed E-state index contributed by atoms with van der Waals surface area (Å²) in [7, 11) is 0. The van der Waals surface area contributed by atoms with Crippen molar-refractivity contribution >= 4 is 17.9 Å². The number of hydrogen-bond donors (Lipinski definition) is 2. The van der Waals surface area contributed by atoms with E-state index in [1.807, 2.05) is 0 Å². The van der Waals surface area contributed by atoms with Crippen molar-refractivity contribution in [2.75, 3.05) is 19.8 Å². The van der Waals surface area contributed by atoms with Crippen molar-refractivity contribution in [3.8, 4) is 0 Å². The van der Waals surface area contributed by atoms with Crippen molar-refractivity contribution in [2.24, 2.45) is 5.73 Å². The van der Waals surface area contributed by atoms with Crippen LogP contribution in [0.15, 0.2) is 0 Å². The largest absolute Gasteiger partial charge is 0.480 e. The van der Waals surface area contributed by atoms with Crippen LogP contribution in [0.1, 0.15) is 0 Å². The number of carbonyl (C=O) groups is 3. The number of nitrogens with two attached hydrogens (primary N) is 1. The van der Waals surface area contributed by atoms with Crippen molar-refractivity contribution in [2.45, 2.75) is 0 Å². The Kier molecular flexibility index (Phi) is 5.20. The molecule has 0 atom stereocenters. The van der Waals surface area contributed by atoms with Gasteiger partial charge in [-0.15, -0.1) is 0 Å². The SMILES string of the molecule is NCC(=O)O.O=C1COC(=O)CO1. The molecule has 0 aliphatic carbocycles. The third kappa shape index (κ3) is 6.76. The maximum atomic E-state index is 10.1. The molecule has 1 fully saturated rings. The minimum atomic E-state index is -0.968. The third-order valence-electron chi connectivity index (χ3n) is 0.877. The lowest BCUT2D eigenvalue weighted by molar-refractivity contribution is -0.174. The average Bonchev–Trinajstić information content (AvgIpc) is 2.11. The van der Waals surface area contributed by atoms with E-state index >= 15 is 0 Å². The van der Waals surface area contributed by atoms with Crippen molar-refractivity contribution in [1.29, 1.82) is 0 Å². The molecule has 3 N–H and O–H groups in total. The van der Waals surface area contributed by atoms with E-state index in [4.69, 9.17) is 5.11 Å². The maximum Gasteiger partial charge on any atom is 0.344 e. The Bertz CT molecular complexity index is 185. The number of cyclic esters (lactones) is 2. The van der Waals surface area contributed by atoms with E-state index in [0.29, 0.717) is 0 Å². The average molecular weight is 191 g/mol. The van der Waals surface area contributed by atoms with Gasteiger partial charge in [-0.1, -0.05) is 0 Å². The van der Waals surface area contributed by atoms with E-state index in [1.165, 1.54) is 0 Å². The molecule has 1 aliphatic heterocycles. The molecule has 0 saturated carbocycles. The minimum Gasteiger partial charge on any atom is -0.480 e. The summed E-state index contributed by atoms with van der Waals surface area (Å²) in [6.07, 6.45) is 0. The fraction of sp³-hybridized carbons (Fsp3) is 0.500. The van der Waals surface area contributed by atoms with Crippen molar-refractivity contribution in [3.63, 3.8) is 0 Å². The Hall–Kier alpha value is -1.63. The highest BCUT2D eigenvalue weighted by atomic mass is 16.6. The predicted octanol–water partition coefficient (Wildman–Crippen LogP) is -1.88. The molecule has 0 amide bonds. The van der Waals surface area contributed by atoms with E-state index < -0.39 is 17.9 Å². The number of rotatable bonds is 1. The number of hydrogen-bond acceptors (Lipinski definition) is 6. The van der Waals surface area contributed by atoms with Crippen LogP contribution in [-0.2, 0) is 23.9 Å². The van der Waals surface area contributed by atoms with E-state index in [2.05, 4.69) is 15.2 Å². The first kappa shape index (κ1) is 11.4. The summed E-state index contributed by atoms with van der Waals surface area (Å²) in [4.78, 5) is 29.5. The standard InChI is InChI=1S/C4H4O4.C2H5NO2/c5-3-1-7-4(6)2-8-3;3-1-2(4)5/h1-2H2;1,3H2,(H,4,5). The van der Waals surface area contributed by atoms with Crippen molar-refractivity contribution in [1.82, 2.24) is 0 Å². The lowest BCUT2D eigenvalue weighted by Crippen LogP contribution is -2.27. The lowest BCUT2D eigenvalue weighted by Gasteiger charge is -2.09. The van der Waals surface area contributed by atoms with E-state index in [-0.39, 0.29) is 19.8 Å². The normalized spacial score (nSPS) is 14.8. The zero-order valence-corrected chi connectivity index (χ0v) is 6.69. The van der Waals surface area contributed by atoms with Crippen LogP contribution >= 0.6 is 0 Å². The molecule has 0 spiro atoms. The van der Waals surface area contributed by atoms with Gasteiger partial charge in [0.05, 0.1) is 6.54 Å². The summed E-state index contributed by atoms with van der Waals surface area (Å²) in [5, 5.41) is 7.60. The quantitative estimate of drug-likeness (QED) is 0.465. The molecular formula is C6H9NO6. The second-order valence-electron chi connectivity index (χ2n) is 1.92. The minimum absolute atomic E-state index is 0.237. The van der Waals surface area contributed by atoms with Gasteiger partial charge in [-0.05, 0) is 0 Å². The van der Waals surface area contributed by atoms with Gasteiger partial charge in [-0.3, -0.25) is 4.79 Å². The molecule has 1 heterocycles. The Morgan fingerprint density at radius 2 is 1.62 bits per heavy atom. The molecule has 0 aromatic carbocycles. The number of carboxylic acids is 1. The smallest absolute Gasteiger partial charge is 0.344 e. The molecule has 0 aromatic heterocycles. The molecule has 7 heteroatoms. The van der Waals surface area contributed by atoms with Gasteiger partial charge in [-0.25, -0.2) is 9.59 Å². The molecule has 7 nitrogen and oxygen atoms in total. The number of esters is 2. The third-order valence-corrected chi connectivity index (χ3v) is 0.877. The van der Waals surface area contributed by atoms with Gasteiger partial charge in [0.25, 0.3) is 0 Å². The topological polar surface area (TPSA) is 116 Å². The summed E-state index contributed by atoms with van der Waals surface area (Å²) < 4.78 is 8.55. The van der Waals surface area contributed by atoms with Crippen LogP contribution in [-0.4, -0.2) is 42.8 Å². The molecule has 13 heavy (non-hydrogen) atoms. The fourth-order valence-corrected chi connectivity index (χ4v) is 0.362. The summed E-state index contributed by atoms with van der Waals surface area (Å²) in [6.45, 7) is -0.752. The number of aliphatic carboxylic acids is 1. The Morgan fingerprint density at radius 1 is 1.31 bits per heavy atom. The summed E-state index contributed by atoms with van der Waals surface area (Å²) in [6, 6.07) is 0. The zero-order chi connectivity index (χ0) is 10.3. The van der Waals surface area contributed by atoms with E-state index in [1.54, 1.807) is 0 Å². The van der Waals surface area contributed by atoms with Crippen LogP contribution in [0.5, 0.6) is 0 Å². The van der Waals surface area contributed by atoms with Crippen molar-refractivity contribution in [3.05, 3.63) is 0 Å². The number of ether oxygens (including phenoxy) is 2. The highest BCUT2D eigenvalue weighted by molar-refractivity contribution is 5.82. The first-order chi connectivity index (χ1) is 6.06. The molecule has 0 bridgehead atoms. The Morgan fingerprint density at radius 3 is 1.77 bits per heavy atom. The van der Waals surface area contributed by atoms with Crippen LogP contribution in [0.2, 0.25) is 0 Å². The van der Waals surface area contributed by atoms with Crippen LogP contribution in [0, 0.1) is 0 Å². The summed E-state index contributed by atoms with van der Waals surface area (Å²) >= 11 is 0. The van der Waals surface area contributed by atoms with Crippen LogP contribution < -0.4 is 5.73 Å². The van der Waals surface area contributed by atoms with Gasteiger partial charge in [0, 0.05) is 0 Å². The van der Waals surface area contributed by atoms with Gasteiger partial charge in [0.2, 0.25) is 0 Å². The summed E-state index contributed by atoms with van der Waals surface area (Å²) in [5.41, 5.74) is 4.57. The van der Waals surface area contributed by atoms with E-state index in [0.717, 1.165) is 0 Å². The molecule has 1 aliphatic rings. The van der Waals surface area contributed by atoms with Crippen molar-refractivity contribution < 1.29 is 29.0 Å². The molecular weight excluding hydrogens is 182 g/mol. The predicted molar refractivity (Wildman–Crippen MR) is 38.6 cm³/mol. The van der Waals surface area contributed by atoms with Gasteiger partial charge in [0.15, 0.2) is 13.2 Å². The van der Waals surface area contributed by atoms with Gasteiger partial charge in [-0.2, -0.15) is 0 Å². The highest BCUT2D eigenvalue weighted by Gasteiger charge is 2.16. The molecule has 0 aromatic rings. The van der Waals surface area contributed by atoms with E-state index in [9.17, 15) is 14.4 Å².